The summed E-state index contributed by atoms with van der Waals surface area (Å²) in [6.45, 7) is 6.37. The van der Waals surface area contributed by atoms with E-state index >= 15 is 0 Å². The molecule has 16 heavy (non-hydrogen) atoms. The molecular formula is C13H19NO2. The molecule has 1 aromatic carbocycles. The van der Waals surface area contributed by atoms with Gasteiger partial charge in [0.1, 0.15) is 0 Å². The second-order valence-corrected chi connectivity index (χ2v) is 4.21. The van der Waals surface area contributed by atoms with E-state index in [0.29, 0.717) is 17.5 Å². The number of methoxy groups -OCH3 is 1. The molecule has 0 aliphatic carbocycles. The first-order chi connectivity index (χ1) is 7.56. The normalized spacial score (nSPS) is 12.3. The zero-order valence-electron chi connectivity index (χ0n) is 10.3. The lowest BCUT2D eigenvalue weighted by Gasteiger charge is -2.20. The molecular weight excluding hydrogens is 202 g/mol. The van der Waals surface area contributed by atoms with Gasteiger partial charge >= 0.3 is 5.97 Å². The topological polar surface area (TPSA) is 38.3 Å². The van der Waals surface area contributed by atoms with Crippen LogP contribution in [0.2, 0.25) is 0 Å². The Morgan fingerprint density at radius 1 is 1.25 bits per heavy atom. The fourth-order valence-electron chi connectivity index (χ4n) is 1.31. The number of esters is 1. The number of carbonyl (C=O) groups is 1. The fourth-order valence-corrected chi connectivity index (χ4v) is 1.31. The van der Waals surface area contributed by atoms with Gasteiger partial charge in [0.2, 0.25) is 0 Å². The predicted molar refractivity (Wildman–Crippen MR) is 65.7 cm³/mol. The van der Waals surface area contributed by atoms with Gasteiger partial charge in [-0.1, -0.05) is 26.0 Å². The highest BCUT2D eigenvalue weighted by molar-refractivity contribution is 5.95. The third kappa shape index (κ3) is 2.99. The van der Waals surface area contributed by atoms with Crippen LogP contribution in [0.3, 0.4) is 0 Å². The molecule has 0 saturated carbocycles. The quantitative estimate of drug-likeness (QED) is 0.794. The summed E-state index contributed by atoms with van der Waals surface area (Å²) in [7, 11) is 1.39. The highest BCUT2D eigenvalue weighted by atomic mass is 16.5. The lowest BCUT2D eigenvalue weighted by molar-refractivity contribution is 0.0602. The van der Waals surface area contributed by atoms with Gasteiger partial charge in [-0.2, -0.15) is 0 Å². The smallest absolute Gasteiger partial charge is 0.339 e. The molecule has 0 heterocycles. The molecule has 0 aromatic heterocycles. The van der Waals surface area contributed by atoms with Crippen molar-refractivity contribution in [2.45, 2.75) is 26.8 Å². The molecule has 1 N–H and O–H groups in total. The third-order valence-corrected chi connectivity index (χ3v) is 2.72. The van der Waals surface area contributed by atoms with E-state index in [1.54, 1.807) is 6.07 Å². The van der Waals surface area contributed by atoms with Crippen molar-refractivity contribution >= 4 is 11.7 Å². The predicted octanol–water partition coefficient (Wildman–Crippen LogP) is 2.93. The van der Waals surface area contributed by atoms with Crippen LogP contribution in [0.5, 0.6) is 0 Å². The van der Waals surface area contributed by atoms with Crippen LogP contribution < -0.4 is 5.32 Å². The Kier molecular flexibility index (Phi) is 4.35. The van der Waals surface area contributed by atoms with Crippen molar-refractivity contribution in [2.75, 3.05) is 12.4 Å². The first-order valence-corrected chi connectivity index (χ1v) is 5.50. The molecule has 1 rings (SSSR count). The van der Waals surface area contributed by atoms with Crippen molar-refractivity contribution in [1.82, 2.24) is 0 Å². The molecule has 3 heteroatoms. The number of carbonyl (C=O) groups excluding carboxylic acids is 1. The lowest BCUT2D eigenvalue weighted by atomic mass is 10.1. The van der Waals surface area contributed by atoms with Crippen LogP contribution in [0.4, 0.5) is 5.69 Å². The SMILES string of the molecule is COC(=O)c1ccccc1NC(C)C(C)C. The molecule has 3 nitrogen and oxygen atoms in total. The molecule has 0 fully saturated rings. The van der Waals surface area contributed by atoms with E-state index in [1.807, 2.05) is 18.2 Å². The van der Waals surface area contributed by atoms with Crippen molar-refractivity contribution in [2.24, 2.45) is 5.92 Å². The molecule has 0 aliphatic rings. The maximum atomic E-state index is 11.5. The van der Waals surface area contributed by atoms with Gasteiger partial charge in [0, 0.05) is 11.7 Å². The molecule has 0 aliphatic heterocycles. The van der Waals surface area contributed by atoms with E-state index in [1.165, 1.54) is 7.11 Å². The Labute approximate surface area is 96.8 Å². The summed E-state index contributed by atoms with van der Waals surface area (Å²) in [5.74, 6) is 0.199. The first-order valence-electron chi connectivity index (χ1n) is 5.50. The largest absolute Gasteiger partial charge is 0.465 e. The Morgan fingerprint density at radius 3 is 2.44 bits per heavy atom. The summed E-state index contributed by atoms with van der Waals surface area (Å²) in [5, 5.41) is 3.32. The lowest BCUT2D eigenvalue weighted by Crippen LogP contribution is -2.23. The number of hydrogen-bond donors (Lipinski definition) is 1. The fraction of sp³-hybridized carbons (Fsp3) is 0.462. The number of rotatable bonds is 4. The molecule has 1 aromatic rings. The van der Waals surface area contributed by atoms with E-state index < -0.39 is 0 Å². The van der Waals surface area contributed by atoms with Gasteiger partial charge in [-0.25, -0.2) is 4.79 Å². The molecule has 1 atom stereocenters. The van der Waals surface area contributed by atoms with Crippen LogP contribution in [-0.2, 0) is 4.74 Å². The van der Waals surface area contributed by atoms with E-state index in [4.69, 9.17) is 4.74 Å². The summed E-state index contributed by atoms with van der Waals surface area (Å²) >= 11 is 0. The van der Waals surface area contributed by atoms with E-state index in [9.17, 15) is 4.79 Å². The van der Waals surface area contributed by atoms with Crippen molar-refractivity contribution in [3.63, 3.8) is 0 Å². The van der Waals surface area contributed by atoms with Crippen LogP contribution in [0, 0.1) is 5.92 Å². The Bertz CT molecular complexity index is 361. The van der Waals surface area contributed by atoms with Gasteiger partial charge in [-0.3, -0.25) is 0 Å². The van der Waals surface area contributed by atoms with E-state index in [0.717, 1.165) is 5.69 Å². The second-order valence-electron chi connectivity index (χ2n) is 4.21. The summed E-state index contributed by atoms with van der Waals surface area (Å²) in [4.78, 5) is 11.5. The minimum atomic E-state index is -0.306. The monoisotopic (exact) mass is 221 g/mol. The van der Waals surface area contributed by atoms with E-state index in [2.05, 4.69) is 26.1 Å². The van der Waals surface area contributed by atoms with Gasteiger partial charge in [0.05, 0.1) is 12.7 Å². The van der Waals surface area contributed by atoms with Gasteiger partial charge in [-0.05, 0) is 25.0 Å². The number of anilines is 1. The van der Waals surface area contributed by atoms with Crippen LogP contribution in [0.1, 0.15) is 31.1 Å². The van der Waals surface area contributed by atoms with Gasteiger partial charge in [0.15, 0.2) is 0 Å². The molecule has 88 valence electrons. The number of para-hydroxylation sites is 1. The van der Waals surface area contributed by atoms with Crippen LogP contribution >= 0.6 is 0 Å². The maximum Gasteiger partial charge on any atom is 0.339 e. The minimum Gasteiger partial charge on any atom is -0.465 e. The third-order valence-electron chi connectivity index (χ3n) is 2.72. The van der Waals surface area contributed by atoms with Crippen LogP contribution in [0.25, 0.3) is 0 Å². The summed E-state index contributed by atoms with van der Waals surface area (Å²) in [5.41, 5.74) is 1.41. The van der Waals surface area contributed by atoms with Crippen molar-refractivity contribution in [3.8, 4) is 0 Å². The Hall–Kier alpha value is -1.51. The molecule has 0 bridgehead atoms. The Balaban J connectivity index is 2.91. The number of benzene rings is 1. The maximum absolute atomic E-state index is 11.5. The Morgan fingerprint density at radius 2 is 1.88 bits per heavy atom. The van der Waals surface area contributed by atoms with Crippen LogP contribution in [-0.4, -0.2) is 19.1 Å². The molecule has 0 spiro atoms. The van der Waals surface area contributed by atoms with Crippen molar-refractivity contribution in [1.29, 1.82) is 0 Å². The number of hydrogen-bond acceptors (Lipinski definition) is 3. The zero-order valence-corrected chi connectivity index (χ0v) is 10.3. The standard InChI is InChI=1S/C13H19NO2/c1-9(2)10(3)14-12-8-6-5-7-11(12)13(15)16-4/h5-10,14H,1-4H3. The number of nitrogens with one attached hydrogen (secondary N) is 1. The summed E-state index contributed by atoms with van der Waals surface area (Å²) in [6, 6.07) is 7.71. The van der Waals surface area contributed by atoms with Gasteiger partial charge < -0.3 is 10.1 Å². The highest BCUT2D eigenvalue weighted by Crippen LogP contribution is 2.18. The second kappa shape index (κ2) is 5.54. The molecule has 0 radical (unpaired) electrons. The van der Waals surface area contributed by atoms with Crippen molar-refractivity contribution < 1.29 is 9.53 Å². The van der Waals surface area contributed by atoms with Gasteiger partial charge in [0.25, 0.3) is 0 Å². The molecule has 0 amide bonds. The number of ether oxygens (including phenoxy) is 1. The molecule has 1 unspecified atom stereocenters. The average molecular weight is 221 g/mol. The van der Waals surface area contributed by atoms with E-state index in [-0.39, 0.29) is 5.97 Å². The summed E-state index contributed by atoms with van der Waals surface area (Å²) < 4.78 is 4.74. The minimum absolute atomic E-state index is 0.306. The summed E-state index contributed by atoms with van der Waals surface area (Å²) in [6.07, 6.45) is 0. The first kappa shape index (κ1) is 12.6. The average Bonchev–Trinajstić information content (AvgIpc) is 2.28. The highest BCUT2D eigenvalue weighted by Gasteiger charge is 2.13. The zero-order chi connectivity index (χ0) is 12.1. The van der Waals surface area contributed by atoms with Crippen LogP contribution in [0.15, 0.2) is 24.3 Å². The van der Waals surface area contributed by atoms with Crippen molar-refractivity contribution in [3.05, 3.63) is 29.8 Å². The van der Waals surface area contributed by atoms with Gasteiger partial charge in [-0.15, -0.1) is 0 Å². The molecule has 0 saturated heterocycles.